The van der Waals surface area contributed by atoms with E-state index in [1.165, 1.54) is 7.11 Å². The summed E-state index contributed by atoms with van der Waals surface area (Å²) in [6.45, 7) is 4.32. The largest absolute Gasteiger partial charge is 0.465 e. The van der Waals surface area contributed by atoms with Gasteiger partial charge in [0.25, 0.3) is 0 Å². The van der Waals surface area contributed by atoms with Crippen LogP contribution in [0.4, 0.5) is 11.4 Å². The third-order valence-corrected chi connectivity index (χ3v) is 4.05. The van der Waals surface area contributed by atoms with Crippen LogP contribution < -0.4 is 10.6 Å². The van der Waals surface area contributed by atoms with E-state index < -0.39 is 5.97 Å². The van der Waals surface area contributed by atoms with Crippen molar-refractivity contribution in [2.24, 2.45) is 0 Å². The van der Waals surface area contributed by atoms with E-state index in [2.05, 4.69) is 15.4 Å². The van der Waals surface area contributed by atoms with E-state index >= 15 is 0 Å². The van der Waals surface area contributed by atoms with Crippen molar-refractivity contribution in [2.75, 3.05) is 24.3 Å². The van der Waals surface area contributed by atoms with Gasteiger partial charge in [0.1, 0.15) is 0 Å². The quantitative estimate of drug-likeness (QED) is 0.758. The smallest absolute Gasteiger partial charge is 0.337 e. The molecule has 2 aromatic carbocycles. The van der Waals surface area contributed by atoms with Crippen LogP contribution in [-0.2, 0) is 9.53 Å². The van der Waals surface area contributed by atoms with E-state index in [1.54, 1.807) is 18.2 Å². The number of aryl methyl sites for hydroxylation is 2. The summed E-state index contributed by atoms with van der Waals surface area (Å²) in [5.41, 5.74) is 3.90. The van der Waals surface area contributed by atoms with E-state index in [4.69, 9.17) is 11.6 Å². The molecule has 25 heavy (non-hydrogen) atoms. The number of carbonyl (C=O) groups excluding carboxylic acids is 2. The normalized spacial score (nSPS) is 10.2. The second-order valence-corrected chi connectivity index (χ2v) is 6.14. The molecule has 132 valence electrons. The molecule has 6 heteroatoms. The van der Waals surface area contributed by atoms with Gasteiger partial charge in [0.2, 0.25) is 5.91 Å². The SMILES string of the molecule is COC(=O)c1ccc(Cl)c(NCCC(=O)Nc2cc(C)ccc2C)c1. The summed E-state index contributed by atoms with van der Waals surface area (Å²) in [4.78, 5) is 23.7. The summed E-state index contributed by atoms with van der Waals surface area (Å²) in [5.74, 6) is -0.533. The van der Waals surface area contributed by atoms with Gasteiger partial charge >= 0.3 is 5.97 Å². The van der Waals surface area contributed by atoms with Crippen molar-refractivity contribution in [3.05, 3.63) is 58.1 Å². The summed E-state index contributed by atoms with van der Waals surface area (Å²) < 4.78 is 4.69. The van der Waals surface area contributed by atoms with E-state index in [0.29, 0.717) is 22.8 Å². The van der Waals surface area contributed by atoms with E-state index in [-0.39, 0.29) is 12.3 Å². The highest BCUT2D eigenvalue weighted by atomic mass is 35.5. The minimum absolute atomic E-state index is 0.0959. The molecule has 0 spiro atoms. The maximum absolute atomic E-state index is 12.1. The zero-order valence-electron chi connectivity index (χ0n) is 14.5. The van der Waals surface area contributed by atoms with Crippen LogP contribution in [-0.4, -0.2) is 25.5 Å². The summed E-state index contributed by atoms with van der Waals surface area (Å²) >= 11 is 6.11. The van der Waals surface area contributed by atoms with Crippen LogP contribution in [0.1, 0.15) is 27.9 Å². The zero-order chi connectivity index (χ0) is 18.4. The third-order valence-electron chi connectivity index (χ3n) is 3.72. The molecule has 0 heterocycles. The average Bonchev–Trinajstić information content (AvgIpc) is 2.59. The van der Waals surface area contributed by atoms with Crippen LogP contribution in [0.3, 0.4) is 0 Å². The van der Waals surface area contributed by atoms with Gasteiger partial charge in [-0.25, -0.2) is 4.79 Å². The number of methoxy groups -OCH3 is 1. The van der Waals surface area contributed by atoms with Crippen molar-refractivity contribution in [1.29, 1.82) is 0 Å². The van der Waals surface area contributed by atoms with Gasteiger partial charge < -0.3 is 15.4 Å². The first kappa shape index (κ1) is 18.8. The molecule has 0 bridgehead atoms. The number of hydrogen-bond donors (Lipinski definition) is 2. The van der Waals surface area contributed by atoms with Crippen LogP contribution in [0.25, 0.3) is 0 Å². The molecule has 0 fully saturated rings. The van der Waals surface area contributed by atoms with Gasteiger partial charge in [-0.1, -0.05) is 23.7 Å². The molecule has 1 amide bonds. The van der Waals surface area contributed by atoms with Crippen LogP contribution in [0.15, 0.2) is 36.4 Å². The number of nitrogens with one attached hydrogen (secondary N) is 2. The number of esters is 1. The van der Waals surface area contributed by atoms with Crippen LogP contribution >= 0.6 is 11.6 Å². The molecule has 5 nitrogen and oxygen atoms in total. The number of halogens is 1. The Balaban J connectivity index is 1.93. The molecule has 0 unspecified atom stereocenters. The van der Waals surface area contributed by atoms with Gasteiger partial charge in [-0.05, 0) is 49.2 Å². The fraction of sp³-hybridized carbons (Fsp3) is 0.263. The highest BCUT2D eigenvalue weighted by Crippen LogP contribution is 2.23. The topological polar surface area (TPSA) is 67.4 Å². The van der Waals surface area contributed by atoms with E-state index in [1.807, 2.05) is 32.0 Å². The number of benzene rings is 2. The number of anilines is 2. The summed E-state index contributed by atoms with van der Waals surface area (Å²) in [6.07, 6.45) is 0.270. The minimum atomic E-state index is -0.438. The van der Waals surface area contributed by atoms with Gasteiger partial charge in [0.15, 0.2) is 0 Å². The summed E-state index contributed by atoms with van der Waals surface area (Å²) in [7, 11) is 1.32. The lowest BCUT2D eigenvalue weighted by Gasteiger charge is -2.11. The van der Waals surface area contributed by atoms with Crippen molar-refractivity contribution in [1.82, 2.24) is 0 Å². The first-order valence-corrected chi connectivity index (χ1v) is 8.27. The molecule has 0 aliphatic heterocycles. The number of amides is 1. The van der Waals surface area contributed by atoms with Gasteiger partial charge in [0.05, 0.1) is 23.4 Å². The van der Waals surface area contributed by atoms with E-state index in [0.717, 1.165) is 16.8 Å². The van der Waals surface area contributed by atoms with Crippen molar-refractivity contribution < 1.29 is 14.3 Å². The Morgan fingerprint density at radius 2 is 1.84 bits per heavy atom. The summed E-state index contributed by atoms with van der Waals surface area (Å²) in [5, 5.41) is 6.45. The van der Waals surface area contributed by atoms with Crippen molar-refractivity contribution in [2.45, 2.75) is 20.3 Å². The molecule has 0 radical (unpaired) electrons. The summed E-state index contributed by atoms with van der Waals surface area (Å²) in [6, 6.07) is 10.7. The van der Waals surface area contributed by atoms with Crippen LogP contribution in [0, 0.1) is 13.8 Å². The van der Waals surface area contributed by atoms with Crippen LogP contribution in [0.5, 0.6) is 0 Å². The monoisotopic (exact) mass is 360 g/mol. The van der Waals surface area contributed by atoms with E-state index in [9.17, 15) is 9.59 Å². The Labute approximate surface area is 152 Å². The predicted molar refractivity (Wildman–Crippen MR) is 100 cm³/mol. The fourth-order valence-electron chi connectivity index (χ4n) is 2.30. The maximum Gasteiger partial charge on any atom is 0.337 e. The number of rotatable bonds is 6. The van der Waals surface area contributed by atoms with Crippen molar-refractivity contribution >= 4 is 34.9 Å². The third kappa shape index (κ3) is 5.22. The molecule has 0 aliphatic carbocycles. The fourth-order valence-corrected chi connectivity index (χ4v) is 2.48. The Hall–Kier alpha value is -2.53. The molecular formula is C19H21ClN2O3. The highest BCUT2D eigenvalue weighted by molar-refractivity contribution is 6.33. The highest BCUT2D eigenvalue weighted by Gasteiger charge is 2.10. The minimum Gasteiger partial charge on any atom is -0.465 e. The number of carbonyl (C=O) groups is 2. The maximum atomic E-state index is 12.1. The Morgan fingerprint density at radius 1 is 1.08 bits per heavy atom. The van der Waals surface area contributed by atoms with Crippen LogP contribution in [0.2, 0.25) is 5.02 Å². The average molecular weight is 361 g/mol. The predicted octanol–water partition coefficient (Wildman–Crippen LogP) is 4.18. The second kappa shape index (κ2) is 8.53. The lowest BCUT2D eigenvalue weighted by atomic mass is 10.1. The first-order chi connectivity index (χ1) is 11.9. The molecule has 0 saturated carbocycles. The molecule has 0 atom stereocenters. The van der Waals surface area contributed by atoms with Gasteiger partial charge in [-0.3, -0.25) is 4.79 Å². The Kier molecular flexibility index (Phi) is 6.42. The number of hydrogen-bond acceptors (Lipinski definition) is 4. The molecule has 2 N–H and O–H groups in total. The van der Waals surface area contributed by atoms with Gasteiger partial charge in [0, 0.05) is 18.7 Å². The number of ether oxygens (including phenoxy) is 1. The lowest BCUT2D eigenvalue weighted by molar-refractivity contribution is -0.115. The second-order valence-electron chi connectivity index (χ2n) is 5.73. The Bertz CT molecular complexity index is 790. The molecule has 0 aromatic heterocycles. The molecule has 2 rings (SSSR count). The molecule has 0 aliphatic rings. The lowest BCUT2D eigenvalue weighted by Crippen LogP contribution is -2.17. The Morgan fingerprint density at radius 3 is 2.56 bits per heavy atom. The molecule has 2 aromatic rings. The van der Waals surface area contributed by atoms with Crippen molar-refractivity contribution in [3.63, 3.8) is 0 Å². The standard InChI is InChI=1S/C19H21ClN2O3/c1-12-4-5-13(2)16(10-12)22-18(23)8-9-21-17-11-14(19(24)25-3)6-7-15(17)20/h4-7,10-11,21H,8-9H2,1-3H3,(H,22,23). The first-order valence-electron chi connectivity index (χ1n) is 7.89. The molecular weight excluding hydrogens is 340 g/mol. The van der Waals surface area contributed by atoms with Crippen molar-refractivity contribution in [3.8, 4) is 0 Å². The van der Waals surface area contributed by atoms with Gasteiger partial charge in [-0.15, -0.1) is 0 Å². The zero-order valence-corrected chi connectivity index (χ0v) is 15.2. The van der Waals surface area contributed by atoms with Gasteiger partial charge in [-0.2, -0.15) is 0 Å². The molecule has 0 saturated heterocycles.